The minimum absolute atomic E-state index is 0.0143. The molecule has 1 aromatic heterocycles. The van der Waals surface area contributed by atoms with E-state index in [1.807, 2.05) is 0 Å². The van der Waals surface area contributed by atoms with E-state index in [1.165, 1.54) is 12.1 Å². The Morgan fingerprint density at radius 1 is 1.09 bits per heavy atom. The predicted octanol–water partition coefficient (Wildman–Crippen LogP) is 3.82. The van der Waals surface area contributed by atoms with Crippen LogP contribution in [0.15, 0.2) is 80.9 Å². The molecular formula is C21H14BrClN4O5S. The van der Waals surface area contributed by atoms with E-state index in [4.69, 9.17) is 16.3 Å². The third-order valence-electron chi connectivity index (χ3n) is 4.51. The van der Waals surface area contributed by atoms with Crippen molar-refractivity contribution in [3.05, 3.63) is 92.1 Å². The van der Waals surface area contributed by atoms with Gasteiger partial charge in [-0.05, 0) is 54.6 Å². The highest BCUT2D eigenvalue weighted by molar-refractivity contribution is 9.10. The number of hydrogen-bond acceptors (Lipinski definition) is 7. The Bertz CT molecular complexity index is 1520. The zero-order valence-corrected chi connectivity index (χ0v) is 19.8. The van der Waals surface area contributed by atoms with E-state index in [1.54, 1.807) is 48.5 Å². The van der Waals surface area contributed by atoms with Gasteiger partial charge in [0.2, 0.25) is 0 Å². The summed E-state index contributed by atoms with van der Waals surface area (Å²) in [5.41, 5.74) is 0.0718. The average Bonchev–Trinajstić information content (AvgIpc) is 2.80. The van der Waals surface area contributed by atoms with Crippen LogP contribution in [0.25, 0.3) is 10.9 Å². The van der Waals surface area contributed by atoms with Crippen LogP contribution < -0.4 is 10.3 Å². The van der Waals surface area contributed by atoms with Crippen LogP contribution in [0, 0.1) is 0 Å². The maximum Gasteiger partial charge on any atom is 0.341 e. The third kappa shape index (κ3) is 5.05. The lowest BCUT2D eigenvalue weighted by molar-refractivity contribution is 0.0336. The van der Waals surface area contributed by atoms with Gasteiger partial charge in [-0.25, -0.2) is 13.2 Å². The number of benzene rings is 3. The minimum atomic E-state index is -4.01. The van der Waals surface area contributed by atoms with Crippen molar-refractivity contribution in [3.8, 4) is 0 Å². The molecule has 0 saturated heterocycles. The Morgan fingerprint density at radius 3 is 2.58 bits per heavy atom. The lowest BCUT2D eigenvalue weighted by Gasteiger charge is -2.11. The quantitative estimate of drug-likeness (QED) is 0.363. The number of carbonyl (C=O) groups excluding carboxylic acids is 1. The molecule has 0 radical (unpaired) electrons. The van der Waals surface area contributed by atoms with Crippen molar-refractivity contribution in [1.82, 2.24) is 15.0 Å². The van der Waals surface area contributed by atoms with E-state index in [-0.39, 0.29) is 15.5 Å². The first kappa shape index (κ1) is 22.9. The van der Waals surface area contributed by atoms with E-state index in [0.29, 0.717) is 16.6 Å². The van der Waals surface area contributed by atoms with E-state index < -0.39 is 28.3 Å². The van der Waals surface area contributed by atoms with Crippen molar-refractivity contribution >= 4 is 60.1 Å². The van der Waals surface area contributed by atoms with Crippen LogP contribution >= 0.6 is 27.5 Å². The zero-order chi connectivity index (χ0) is 23.6. The van der Waals surface area contributed by atoms with Crippen LogP contribution in [0.1, 0.15) is 10.4 Å². The van der Waals surface area contributed by atoms with Crippen molar-refractivity contribution in [2.45, 2.75) is 11.6 Å². The number of sulfonamides is 1. The molecule has 1 heterocycles. The third-order valence-corrected chi connectivity index (χ3v) is 6.75. The van der Waals surface area contributed by atoms with Gasteiger partial charge in [0.15, 0.2) is 6.73 Å². The van der Waals surface area contributed by atoms with E-state index in [0.717, 1.165) is 15.2 Å². The van der Waals surface area contributed by atoms with Gasteiger partial charge in [0, 0.05) is 10.2 Å². The highest BCUT2D eigenvalue weighted by atomic mass is 79.9. The monoisotopic (exact) mass is 548 g/mol. The SMILES string of the molecule is O=C(OCn1nnc2ccccc2c1=O)c1cc(S(=O)(=O)Nc2ccc(Br)cc2)ccc1Cl. The predicted molar refractivity (Wildman–Crippen MR) is 126 cm³/mol. The number of nitrogens with one attached hydrogen (secondary N) is 1. The fourth-order valence-electron chi connectivity index (χ4n) is 2.87. The smallest absolute Gasteiger partial charge is 0.341 e. The van der Waals surface area contributed by atoms with Crippen LogP contribution in [0.4, 0.5) is 5.69 Å². The Labute approximate surface area is 201 Å². The first-order valence-electron chi connectivity index (χ1n) is 9.32. The molecule has 0 aliphatic carbocycles. The van der Waals surface area contributed by atoms with Gasteiger partial charge < -0.3 is 4.74 Å². The molecule has 0 fully saturated rings. The largest absolute Gasteiger partial charge is 0.438 e. The number of rotatable bonds is 6. The number of hydrogen-bond donors (Lipinski definition) is 1. The highest BCUT2D eigenvalue weighted by Gasteiger charge is 2.20. The van der Waals surface area contributed by atoms with Gasteiger partial charge in [0.05, 0.1) is 20.9 Å². The van der Waals surface area contributed by atoms with Crippen LogP contribution in [-0.4, -0.2) is 29.4 Å². The zero-order valence-electron chi connectivity index (χ0n) is 16.6. The maximum absolute atomic E-state index is 12.7. The summed E-state index contributed by atoms with van der Waals surface area (Å²) in [6, 6.07) is 16.8. The van der Waals surface area contributed by atoms with Gasteiger partial charge in [0.1, 0.15) is 5.52 Å². The molecule has 0 aliphatic rings. The molecule has 0 unspecified atom stereocenters. The molecule has 0 bridgehead atoms. The second-order valence-corrected chi connectivity index (χ2v) is 9.73. The molecule has 12 heteroatoms. The van der Waals surface area contributed by atoms with Gasteiger partial charge in [-0.15, -0.1) is 5.10 Å². The maximum atomic E-state index is 12.7. The molecular weight excluding hydrogens is 536 g/mol. The van der Waals surface area contributed by atoms with Crippen molar-refractivity contribution in [1.29, 1.82) is 0 Å². The summed E-state index contributed by atoms with van der Waals surface area (Å²) in [4.78, 5) is 24.9. The molecule has 0 spiro atoms. The van der Waals surface area contributed by atoms with Crippen molar-refractivity contribution in [2.24, 2.45) is 0 Å². The van der Waals surface area contributed by atoms with E-state index in [9.17, 15) is 18.0 Å². The van der Waals surface area contributed by atoms with Gasteiger partial charge >= 0.3 is 5.97 Å². The van der Waals surface area contributed by atoms with E-state index in [2.05, 4.69) is 31.0 Å². The molecule has 0 amide bonds. The summed E-state index contributed by atoms with van der Waals surface area (Å²) < 4.78 is 34.7. The molecule has 168 valence electrons. The van der Waals surface area contributed by atoms with Gasteiger partial charge in [-0.1, -0.05) is 44.9 Å². The summed E-state index contributed by atoms with van der Waals surface area (Å²) >= 11 is 9.37. The van der Waals surface area contributed by atoms with E-state index >= 15 is 0 Å². The first-order valence-corrected chi connectivity index (χ1v) is 12.0. The number of esters is 1. The van der Waals surface area contributed by atoms with Gasteiger partial charge in [0.25, 0.3) is 15.6 Å². The normalized spacial score (nSPS) is 11.3. The lowest BCUT2D eigenvalue weighted by atomic mass is 10.2. The number of fused-ring (bicyclic) bond motifs is 1. The van der Waals surface area contributed by atoms with Crippen LogP contribution in [-0.2, 0) is 21.5 Å². The number of carbonyl (C=O) groups is 1. The number of anilines is 1. The molecule has 1 N–H and O–H groups in total. The number of aromatic nitrogens is 3. The molecule has 33 heavy (non-hydrogen) atoms. The Kier molecular flexibility index (Phi) is 6.45. The van der Waals surface area contributed by atoms with Crippen molar-refractivity contribution in [2.75, 3.05) is 4.72 Å². The molecule has 4 rings (SSSR count). The van der Waals surface area contributed by atoms with Crippen LogP contribution in [0.3, 0.4) is 0 Å². The number of halogens is 2. The Morgan fingerprint density at radius 2 is 1.82 bits per heavy atom. The van der Waals surface area contributed by atoms with Gasteiger partial charge in [-0.3, -0.25) is 9.52 Å². The Balaban J connectivity index is 1.55. The van der Waals surface area contributed by atoms with Crippen LogP contribution in [0.5, 0.6) is 0 Å². The molecule has 0 aliphatic heterocycles. The molecule has 4 aromatic rings. The van der Waals surface area contributed by atoms with Gasteiger partial charge in [-0.2, -0.15) is 4.68 Å². The molecule has 0 saturated carbocycles. The van der Waals surface area contributed by atoms with Crippen LogP contribution in [0.2, 0.25) is 5.02 Å². The summed E-state index contributed by atoms with van der Waals surface area (Å²) in [5.74, 6) is -0.928. The Hall–Kier alpha value is -3.28. The second kappa shape index (κ2) is 9.30. The fourth-order valence-corrected chi connectivity index (χ4v) is 4.41. The summed E-state index contributed by atoms with van der Waals surface area (Å²) in [6.07, 6.45) is 0. The lowest BCUT2D eigenvalue weighted by Crippen LogP contribution is -2.26. The second-order valence-electron chi connectivity index (χ2n) is 6.73. The topological polar surface area (TPSA) is 120 Å². The molecule has 9 nitrogen and oxygen atoms in total. The first-order chi connectivity index (χ1) is 15.7. The highest BCUT2D eigenvalue weighted by Crippen LogP contribution is 2.24. The number of ether oxygens (including phenoxy) is 1. The molecule has 3 aromatic carbocycles. The summed E-state index contributed by atoms with van der Waals surface area (Å²) in [6.45, 7) is -0.528. The van der Waals surface area contributed by atoms with Crippen molar-refractivity contribution < 1.29 is 17.9 Å². The fraction of sp³-hybridized carbons (Fsp3) is 0.0476. The standard InChI is InChI=1S/C21H14BrClN4O5S/c22-13-5-7-14(8-6-13)25-33(30,31)15-9-10-18(23)17(11-15)21(29)32-12-27-20(28)16-3-1-2-4-19(16)24-26-27/h1-11,25H,12H2. The van der Waals surface area contributed by atoms with Crippen molar-refractivity contribution in [3.63, 3.8) is 0 Å². The number of nitrogens with zero attached hydrogens (tertiary/aromatic N) is 3. The summed E-state index contributed by atoms with van der Waals surface area (Å²) in [7, 11) is -4.01. The average molecular weight is 550 g/mol. The molecule has 0 atom stereocenters. The minimum Gasteiger partial charge on any atom is -0.438 e. The summed E-state index contributed by atoms with van der Waals surface area (Å²) in [5, 5.41) is 7.95.